The van der Waals surface area contributed by atoms with Gasteiger partial charge in [0, 0.05) is 23.2 Å². The number of carbonyl (C=O) groups is 1. The lowest BCUT2D eigenvalue weighted by molar-refractivity contribution is -0.142. The van der Waals surface area contributed by atoms with Crippen LogP contribution in [0.25, 0.3) is 33.6 Å². The lowest BCUT2D eigenvalue weighted by atomic mass is 9.96. The Balaban J connectivity index is 1.55. The molecular weight excluding hydrogens is 460 g/mol. The van der Waals surface area contributed by atoms with E-state index in [1.165, 1.54) is 7.11 Å². The molecule has 5 heteroatoms. The average Bonchev–Trinajstić information content (AvgIpc) is 3.36. The first-order valence-electron chi connectivity index (χ1n) is 12.3. The number of hydrogen-bond donors (Lipinski definition) is 0. The van der Waals surface area contributed by atoms with Crippen molar-refractivity contribution in [3.63, 3.8) is 0 Å². The standard InChI is InChI=1S/C32H28N2O3/c1-36-29(35)23-37-28-19-11-12-24(22-28)20-21-34-32(27-17-9-4-10-18-27)30(25-13-5-2-6-14-25)31(33-34)26-15-7-3-8-16-26/h2-19,22H,20-21,23H2,1H3. The van der Waals surface area contributed by atoms with Crippen LogP contribution in [0.2, 0.25) is 0 Å². The van der Waals surface area contributed by atoms with Crippen molar-refractivity contribution in [2.24, 2.45) is 0 Å². The van der Waals surface area contributed by atoms with Crippen LogP contribution in [0, 0.1) is 0 Å². The van der Waals surface area contributed by atoms with Gasteiger partial charge >= 0.3 is 5.97 Å². The van der Waals surface area contributed by atoms with E-state index < -0.39 is 5.97 Å². The molecule has 0 N–H and O–H groups in total. The second kappa shape index (κ2) is 11.4. The Labute approximate surface area is 216 Å². The van der Waals surface area contributed by atoms with Gasteiger partial charge in [-0.25, -0.2) is 4.79 Å². The summed E-state index contributed by atoms with van der Waals surface area (Å²) in [5, 5.41) is 5.17. The second-order valence-electron chi connectivity index (χ2n) is 8.66. The topological polar surface area (TPSA) is 53.4 Å². The zero-order chi connectivity index (χ0) is 25.5. The monoisotopic (exact) mass is 488 g/mol. The van der Waals surface area contributed by atoms with Crippen molar-refractivity contribution < 1.29 is 14.3 Å². The lowest BCUT2D eigenvalue weighted by Gasteiger charge is -2.12. The highest BCUT2D eigenvalue weighted by molar-refractivity contribution is 5.91. The highest BCUT2D eigenvalue weighted by Gasteiger charge is 2.21. The molecule has 0 amide bonds. The van der Waals surface area contributed by atoms with E-state index in [-0.39, 0.29) is 6.61 Å². The van der Waals surface area contributed by atoms with Crippen molar-refractivity contribution in [3.05, 3.63) is 121 Å². The molecule has 0 saturated heterocycles. The first-order valence-corrected chi connectivity index (χ1v) is 12.3. The van der Waals surface area contributed by atoms with Gasteiger partial charge in [-0.3, -0.25) is 4.68 Å². The normalized spacial score (nSPS) is 10.7. The molecular formula is C32H28N2O3. The second-order valence-corrected chi connectivity index (χ2v) is 8.66. The van der Waals surface area contributed by atoms with E-state index in [1.807, 2.05) is 48.5 Å². The fourth-order valence-electron chi connectivity index (χ4n) is 4.42. The fourth-order valence-corrected chi connectivity index (χ4v) is 4.42. The minimum atomic E-state index is -0.406. The van der Waals surface area contributed by atoms with Crippen LogP contribution in [0.4, 0.5) is 0 Å². The third-order valence-corrected chi connectivity index (χ3v) is 6.20. The highest BCUT2D eigenvalue weighted by atomic mass is 16.6. The molecule has 1 heterocycles. The van der Waals surface area contributed by atoms with Crippen LogP contribution in [0.3, 0.4) is 0 Å². The third kappa shape index (κ3) is 5.62. The van der Waals surface area contributed by atoms with Crippen molar-refractivity contribution in [1.29, 1.82) is 0 Å². The van der Waals surface area contributed by atoms with E-state index in [2.05, 4.69) is 76.1 Å². The molecule has 37 heavy (non-hydrogen) atoms. The Bertz CT molecular complexity index is 1460. The van der Waals surface area contributed by atoms with Crippen LogP contribution in [0.1, 0.15) is 5.56 Å². The number of aromatic nitrogens is 2. The summed E-state index contributed by atoms with van der Waals surface area (Å²) in [6, 6.07) is 39.0. The van der Waals surface area contributed by atoms with E-state index in [1.54, 1.807) is 0 Å². The zero-order valence-electron chi connectivity index (χ0n) is 20.7. The molecule has 1 aromatic heterocycles. The number of nitrogens with zero attached hydrogens (tertiary/aromatic N) is 2. The maximum Gasteiger partial charge on any atom is 0.343 e. The molecule has 0 bridgehead atoms. The number of benzene rings is 4. The Hall–Kier alpha value is -4.64. The van der Waals surface area contributed by atoms with Crippen LogP contribution < -0.4 is 4.74 Å². The SMILES string of the molecule is COC(=O)COc1cccc(CCn2nc(-c3ccccc3)c(-c3ccccc3)c2-c2ccccc2)c1. The lowest BCUT2D eigenvalue weighted by Crippen LogP contribution is -2.12. The largest absolute Gasteiger partial charge is 0.482 e. The number of aryl methyl sites for hydroxylation is 2. The Kier molecular flexibility index (Phi) is 7.42. The molecule has 0 spiro atoms. The minimum absolute atomic E-state index is 0.113. The van der Waals surface area contributed by atoms with Crippen LogP contribution in [0.5, 0.6) is 5.75 Å². The minimum Gasteiger partial charge on any atom is -0.482 e. The number of carbonyl (C=O) groups excluding carboxylic acids is 1. The molecule has 0 unspecified atom stereocenters. The van der Waals surface area contributed by atoms with Gasteiger partial charge in [0.05, 0.1) is 12.8 Å². The van der Waals surface area contributed by atoms with Crippen molar-refractivity contribution in [2.75, 3.05) is 13.7 Å². The summed E-state index contributed by atoms with van der Waals surface area (Å²) < 4.78 is 12.4. The van der Waals surface area contributed by atoms with Gasteiger partial charge in [0.2, 0.25) is 0 Å². The molecule has 184 valence electrons. The highest BCUT2D eigenvalue weighted by Crippen LogP contribution is 2.40. The van der Waals surface area contributed by atoms with Gasteiger partial charge in [-0.2, -0.15) is 5.10 Å². The maximum atomic E-state index is 11.5. The summed E-state index contributed by atoms with van der Waals surface area (Å²) in [5.41, 5.74) is 7.59. The van der Waals surface area contributed by atoms with Gasteiger partial charge in [-0.15, -0.1) is 0 Å². The fraction of sp³-hybridized carbons (Fsp3) is 0.125. The number of esters is 1. The van der Waals surface area contributed by atoms with Crippen LogP contribution in [-0.2, 0) is 22.5 Å². The molecule has 0 radical (unpaired) electrons. The molecule has 0 fully saturated rings. The maximum absolute atomic E-state index is 11.5. The summed E-state index contributed by atoms with van der Waals surface area (Å²) in [6.07, 6.45) is 0.749. The van der Waals surface area contributed by atoms with Gasteiger partial charge < -0.3 is 9.47 Å². The van der Waals surface area contributed by atoms with Gasteiger partial charge in [0.15, 0.2) is 6.61 Å². The van der Waals surface area contributed by atoms with Gasteiger partial charge in [0.1, 0.15) is 11.4 Å². The zero-order valence-corrected chi connectivity index (χ0v) is 20.7. The molecule has 0 saturated carbocycles. The summed E-state index contributed by atoms with van der Waals surface area (Å²) in [6.45, 7) is 0.565. The molecule has 0 atom stereocenters. The van der Waals surface area contributed by atoms with Gasteiger partial charge in [-0.1, -0.05) is 103 Å². The van der Waals surface area contributed by atoms with E-state index in [0.717, 1.165) is 45.6 Å². The number of rotatable bonds is 9. The van der Waals surface area contributed by atoms with Crippen molar-refractivity contribution in [1.82, 2.24) is 9.78 Å². The molecule has 0 aliphatic rings. The van der Waals surface area contributed by atoms with Gasteiger partial charge in [0.25, 0.3) is 0 Å². The molecule has 5 nitrogen and oxygen atoms in total. The summed E-state index contributed by atoms with van der Waals surface area (Å²) in [4.78, 5) is 11.5. The van der Waals surface area contributed by atoms with E-state index in [9.17, 15) is 4.79 Å². The number of ether oxygens (including phenoxy) is 2. The first kappa shape index (κ1) is 24.1. The summed E-state index contributed by atoms with van der Waals surface area (Å²) >= 11 is 0. The summed E-state index contributed by atoms with van der Waals surface area (Å²) in [7, 11) is 1.35. The smallest absolute Gasteiger partial charge is 0.343 e. The van der Waals surface area contributed by atoms with Crippen molar-refractivity contribution in [3.8, 4) is 39.4 Å². The van der Waals surface area contributed by atoms with Crippen LogP contribution in [0.15, 0.2) is 115 Å². The summed E-state index contributed by atoms with van der Waals surface area (Å²) in [5.74, 6) is 0.234. The third-order valence-electron chi connectivity index (χ3n) is 6.20. The predicted octanol–water partition coefficient (Wildman–Crippen LogP) is 6.68. The Morgan fingerprint density at radius 1 is 0.757 bits per heavy atom. The van der Waals surface area contributed by atoms with Crippen LogP contribution >= 0.6 is 0 Å². The van der Waals surface area contributed by atoms with Gasteiger partial charge in [-0.05, 0) is 29.7 Å². The van der Waals surface area contributed by atoms with E-state index in [4.69, 9.17) is 9.84 Å². The Morgan fingerprint density at radius 2 is 1.38 bits per heavy atom. The van der Waals surface area contributed by atoms with Crippen molar-refractivity contribution >= 4 is 5.97 Å². The van der Waals surface area contributed by atoms with Crippen molar-refractivity contribution in [2.45, 2.75) is 13.0 Å². The van der Waals surface area contributed by atoms with E-state index >= 15 is 0 Å². The van der Waals surface area contributed by atoms with E-state index in [0.29, 0.717) is 12.3 Å². The quantitative estimate of drug-likeness (QED) is 0.217. The first-order chi connectivity index (χ1) is 18.2. The predicted molar refractivity (Wildman–Crippen MR) is 146 cm³/mol. The molecule has 0 aliphatic carbocycles. The number of hydrogen-bond acceptors (Lipinski definition) is 4. The Morgan fingerprint density at radius 3 is 2.03 bits per heavy atom. The molecule has 5 rings (SSSR count). The molecule has 5 aromatic rings. The molecule has 0 aliphatic heterocycles. The van der Waals surface area contributed by atoms with Crippen LogP contribution in [-0.4, -0.2) is 29.5 Å². The molecule has 4 aromatic carbocycles. The number of methoxy groups -OCH3 is 1. The average molecular weight is 489 g/mol.